The summed E-state index contributed by atoms with van der Waals surface area (Å²) < 4.78 is 12.5. The minimum atomic E-state index is -0.213. The Morgan fingerprint density at radius 1 is 1.15 bits per heavy atom. The Morgan fingerprint density at radius 2 is 1.85 bits per heavy atom. The van der Waals surface area contributed by atoms with Crippen molar-refractivity contribution in [2.24, 2.45) is 5.73 Å². The highest BCUT2D eigenvalue weighted by atomic mass is 19.1. The summed E-state index contributed by atoms with van der Waals surface area (Å²) in [7, 11) is 0. The summed E-state index contributed by atoms with van der Waals surface area (Å²) in [6, 6.07) is 6.32. The maximum Gasteiger partial charge on any atom is 0.123 e. The maximum atomic E-state index is 12.5. The lowest BCUT2D eigenvalue weighted by Gasteiger charge is -1.90. The van der Waals surface area contributed by atoms with Crippen molar-refractivity contribution in [2.45, 2.75) is 0 Å². The smallest absolute Gasteiger partial charge is 0.123 e. The van der Waals surface area contributed by atoms with Gasteiger partial charge < -0.3 is 5.73 Å². The number of hydrogen-bond acceptors (Lipinski definition) is 1. The zero-order valence-corrected chi connectivity index (χ0v) is 7.28. The average Bonchev–Trinajstić information content (AvgIpc) is 2.15. The van der Waals surface area contributed by atoms with E-state index in [0.717, 1.165) is 5.56 Å². The van der Waals surface area contributed by atoms with Crippen molar-refractivity contribution in [1.82, 2.24) is 0 Å². The second kappa shape index (κ2) is 5.27. The molecule has 0 radical (unpaired) electrons. The van der Waals surface area contributed by atoms with Crippen molar-refractivity contribution in [2.75, 3.05) is 6.54 Å². The van der Waals surface area contributed by atoms with Crippen LogP contribution in [0.1, 0.15) is 5.56 Å². The molecule has 0 unspecified atom stereocenters. The molecule has 1 aromatic carbocycles. The minimum Gasteiger partial charge on any atom is -0.327 e. The zero-order valence-electron chi connectivity index (χ0n) is 7.28. The number of benzene rings is 1. The Balaban J connectivity index is 2.59. The number of rotatable bonds is 3. The zero-order chi connectivity index (χ0) is 9.52. The lowest BCUT2D eigenvalue weighted by molar-refractivity contribution is 0.628. The van der Waals surface area contributed by atoms with Gasteiger partial charge in [-0.25, -0.2) is 4.39 Å². The highest BCUT2D eigenvalue weighted by molar-refractivity contribution is 5.50. The molecule has 0 aromatic heterocycles. The lowest BCUT2D eigenvalue weighted by Crippen LogP contribution is -1.91. The van der Waals surface area contributed by atoms with E-state index in [1.807, 2.05) is 24.3 Å². The van der Waals surface area contributed by atoms with Crippen LogP contribution in [-0.2, 0) is 0 Å². The molecule has 0 fully saturated rings. The average molecular weight is 177 g/mol. The van der Waals surface area contributed by atoms with E-state index in [1.54, 1.807) is 12.1 Å². The second-order valence-corrected chi connectivity index (χ2v) is 2.57. The van der Waals surface area contributed by atoms with Gasteiger partial charge in [0, 0.05) is 6.54 Å². The van der Waals surface area contributed by atoms with Gasteiger partial charge in [0.1, 0.15) is 5.82 Å². The van der Waals surface area contributed by atoms with Crippen LogP contribution in [0.3, 0.4) is 0 Å². The van der Waals surface area contributed by atoms with Crippen molar-refractivity contribution < 1.29 is 4.39 Å². The highest BCUT2D eigenvalue weighted by Gasteiger charge is 1.86. The van der Waals surface area contributed by atoms with Gasteiger partial charge in [-0.2, -0.15) is 0 Å². The summed E-state index contributed by atoms with van der Waals surface area (Å²) in [5.41, 5.74) is 6.23. The molecule has 0 aliphatic heterocycles. The quantitative estimate of drug-likeness (QED) is 0.705. The summed E-state index contributed by atoms with van der Waals surface area (Å²) in [6.07, 6.45) is 7.48. The normalized spacial score (nSPS) is 11.5. The van der Waals surface area contributed by atoms with Crippen LogP contribution in [0.5, 0.6) is 0 Å². The summed E-state index contributed by atoms with van der Waals surface area (Å²) >= 11 is 0. The van der Waals surface area contributed by atoms with E-state index in [0.29, 0.717) is 6.54 Å². The Hall–Kier alpha value is -1.41. The van der Waals surface area contributed by atoms with Crippen molar-refractivity contribution in [3.05, 3.63) is 53.9 Å². The van der Waals surface area contributed by atoms with Crippen LogP contribution in [-0.4, -0.2) is 6.54 Å². The molecule has 1 rings (SSSR count). The highest BCUT2D eigenvalue weighted by Crippen LogP contribution is 2.04. The number of hydrogen-bond donors (Lipinski definition) is 1. The fourth-order valence-corrected chi connectivity index (χ4v) is 0.898. The van der Waals surface area contributed by atoms with Crippen LogP contribution in [0.15, 0.2) is 42.5 Å². The molecule has 0 amide bonds. The molecular weight excluding hydrogens is 165 g/mol. The third kappa shape index (κ3) is 3.67. The molecule has 13 heavy (non-hydrogen) atoms. The fourth-order valence-electron chi connectivity index (χ4n) is 0.898. The van der Waals surface area contributed by atoms with E-state index in [9.17, 15) is 4.39 Å². The lowest BCUT2D eigenvalue weighted by atomic mass is 10.2. The van der Waals surface area contributed by atoms with Crippen LogP contribution >= 0.6 is 0 Å². The molecular formula is C11H12FN. The van der Waals surface area contributed by atoms with Crippen molar-refractivity contribution in [1.29, 1.82) is 0 Å². The van der Waals surface area contributed by atoms with Gasteiger partial charge in [-0.1, -0.05) is 36.4 Å². The SMILES string of the molecule is NC/C=C/C=C/c1ccc(F)cc1. The summed E-state index contributed by atoms with van der Waals surface area (Å²) in [4.78, 5) is 0. The monoisotopic (exact) mass is 177 g/mol. The van der Waals surface area contributed by atoms with E-state index < -0.39 is 0 Å². The molecule has 0 heterocycles. The molecule has 68 valence electrons. The van der Waals surface area contributed by atoms with Gasteiger partial charge in [-0.3, -0.25) is 0 Å². The molecule has 0 bridgehead atoms. The van der Waals surface area contributed by atoms with Gasteiger partial charge in [0.2, 0.25) is 0 Å². The van der Waals surface area contributed by atoms with Gasteiger partial charge in [-0.15, -0.1) is 0 Å². The van der Waals surface area contributed by atoms with Crippen LogP contribution in [0, 0.1) is 5.82 Å². The van der Waals surface area contributed by atoms with E-state index in [4.69, 9.17) is 5.73 Å². The van der Waals surface area contributed by atoms with Crippen LogP contribution in [0.25, 0.3) is 6.08 Å². The summed E-state index contributed by atoms with van der Waals surface area (Å²) in [5, 5.41) is 0. The summed E-state index contributed by atoms with van der Waals surface area (Å²) in [5.74, 6) is -0.213. The maximum absolute atomic E-state index is 12.5. The van der Waals surface area contributed by atoms with E-state index in [1.165, 1.54) is 12.1 Å². The Bertz CT molecular complexity index is 298. The predicted octanol–water partition coefficient (Wildman–Crippen LogP) is 2.35. The molecule has 1 aromatic rings. The minimum absolute atomic E-state index is 0.213. The van der Waals surface area contributed by atoms with Gasteiger partial charge in [-0.05, 0) is 17.7 Å². The van der Waals surface area contributed by atoms with E-state index >= 15 is 0 Å². The Labute approximate surface area is 77.4 Å². The van der Waals surface area contributed by atoms with Crippen LogP contribution in [0.4, 0.5) is 4.39 Å². The molecule has 2 N–H and O–H groups in total. The first-order valence-corrected chi connectivity index (χ1v) is 4.12. The molecule has 0 atom stereocenters. The molecule has 0 spiro atoms. The molecule has 2 heteroatoms. The van der Waals surface area contributed by atoms with E-state index in [-0.39, 0.29) is 5.82 Å². The van der Waals surface area contributed by atoms with Crippen molar-refractivity contribution >= 4 is 6.08 Å². The van der Waals surface area contributed by atoms with Crippen LogP contribution < -0.4 is 5.73 Å². The number of halogens is 1. The Morgan fingerprint density at radius 3 is 2.46 bits per heavy atom. The van der Waals surface area contributed by atoms with Gasteiger partial charge in [0.15, 0.2) is 0 Å². The largest absolute Gasteiger partial charge is 0.327 e. The second-order valence-electron chi connectivity index (χ2n) is 2.57. The first-order valence-electron chi connectivity index (χ1n) is 4.12. The molecule has 0 saturated carbocycles. The molecule has 0 aliphatic carbocycles. The van der Waals surface area contributed by atoms with E-state index in [2.05, 4.69) is 0 Å². The van der Waals surface area contributed by atoms with Crippen molar-refractivity contribution in [3.63, 3.8) is 0 Å². The van der Waals surface area contributed by atoms with Gasteiger partial charge >= 0.3 is 0 Å². The fraction of sp³-hybridized carbons (Fsp3) is 0.0909. The molecule has 1 nitrogen and oxygen atoms in total. The predicted molar refractivity (Wildman–Crippen MR) is 53.6 cm³/mol. The first kappa shape index (κ1) is 9.68. The van der Waals surface area contributed by atoms with Crippen LogP contribution in [0.2, 0.25) is 0 Å². The van der Waals surface area contributed by atoms with Gasteiger partial charge in [0.25, 0.3) is 0 Å². The first-order chi connectivity index (χ1) is 6.33. The third-order valence-corrected chi connectivity index (χ3v) is 1.54. The topological polar surface area (TPSA) is 26.0 Å². The van der Waals surface area contributed by atoms with Gasteiger partial charge in [0.05, 0.1) is 0 Å². The molecule has 0 saturated heterocycles. The number of nitrogens with two attached hydrogens (primary N) is 1. The van der Waals surface area contributed by atoms with Crippen molar-refractivity contribution in [3.8, 4) is 0 Å². The summed E-state index contributed by atoms with van der Waals surface area (Å²) in [6.45, 7) is 0.535. The standard InChI is InChI=1S/C11H12FN/c12-11-7-5-10(6-8-11)4-2-1-3-9-13/h1-8H,9,13H2/b3-1+,4-2+. The Kier molecular flexibility index (Phi) is 3.93. The number of allylic oxidation sites excluding steroid dienone is 2. The molecule has 0 aliphatic rings. The third-order valence-electron chi connectivity index (χ3n) is 1.54.